The third kappa shape index (κ3) is 4.65. The molecule has 32 heavy (non-hydrogen) atoms. The van der Waals surface area contributed by atoms with Crippen LogP contribution in [0, 0.1) is 0 Å². The minimum Gasteiger partial charge on any atom is -0.493 e. The molecule has 4 aromatic rings. The van der Waals surface area contributed by atoms with Gasteiger partial charge in [0.25, 0.3) is 0 Å². The van der Waals surface area contributed by atoms with Crippen molar-refractivity contribution in [2.45, 2.75) is 0 Å². The highest BCUT2D eigenvalue weighted by Gasteiger charge is 2.19. The van der Waals surface area contributed by atoms with Gasteiger partial charge in [0.05, 0.1) is 44.6 Å². The molecule has 1 heterocycles. The average molecular weight is 426 g/mol. The molecule has 1 aromatic heterocycles. The van der Waals surface area contributed by atoms with Crippen molar-refractivity contribution in [3.63, 3.8) is 0 Å². The van der Waals surface area contributed by atoms with E-state index in [1.165, 1.54) is 0 Å². The molecular formula is C28H25O4+. The summed E-state index contributed by atoms with van der Waals surface area (Å²) >= 11 is 0. The first kappa shape index (κ1) is 21.2. The second kappa shape index (κ2) is 9.84. The van der Waals surface area contributed by atoms with Crippen molar-refractivity contribution >= 4 is 12.2 Å². The summed E-state index contributed by atoms with van der Waals surface area (Å²) in [6, 6.07) is 28.1. The van der Waals surface area contributed by atoms with Gasteiger partial charge in [-0.3, -0.25) is 0 Å². The van der Waals surface area contributed by atoms with Gasteiger partial charge in [0.2, 0.25) is 5.75 Å². The monoisotopic (exact) mass is 425 g/mol. The highest BCUT2D eigenvalue weighted by Crippen LogP contribution is 2.38. The molecule has 0 N–H and O–H groups in total. The lowest BCUT2D eigenvalue weighted by molar-refractivity contribution is 0.324. The van der Waals surface area contributed by atoms with Crippen LogP contribution in [0.5, 0.6) is 17.2 Å². The smallest absolute Gasteiger partial charge is 0.361 e. The van der Waals surface area contributed by atoms with Crippen molar-refractivity contribution in [3.05, 3.63) is 96.1 Å². The second-order valence-electron chi connectivity index (χ2n) is 7.14. The Morgan fingerprint density at radius 3 is 1.41 bits per heavy atom. The molecule has 0 radical (unpaired) electrons. The molecule has 0 amide bonds. The van der Waals surface area contributed by atoms with Crippen LogP contribution in [0.25, 0.3) is 34.8 Å². The highest BCUT2D eigenvalue weighted by molar-refractivity contribution is 5.76. The predicted molar refractivity (Wildman–Crippen MR) is 129 cm³/mol. The van der Waals surface area contributed by atoms with E-state index < -0.39 is 0 Å². The van der Waals surface area contributed by atoms with Gasteiger partial charge in [0, 0.05) is 0 Å². The molecule has 0 saturated carbocycles. The van der Waals surface area contributed by atoms with E-state index in [2.05, 4.69) is 6.08 Å². The van der Waals surface area contributed by atoms with Crippen LogP contribution in [0.15, 0.2) is 89.3 Å². The zero-order chi connectivity index (χ0) is 22.3. The molecule has 0 aliphatic rings. The molecular weight excluding hydrogens is 400 g/mol. The van der Waals surface area contributed by atoms with Crippen molar-refractivity contribution in [1.29, 1.82) is 0 Å². The first-order chi connectivity index (χ1) is 15.7. The zero-order valence-electron chi connectivity index (χ0n) is 18.4. The van der Waals surface area contributed by atoms with Gasteiger partial charge < -0.3 is 14.2 Å². The maximum absolute atomic E-state index is 6.26. The Hall–Kier alpha value is -4.05. The molecule has 4 heteroatoms. The molecule has 0 bridgehead atoms. The van der Waals surface area contributed by atoms with E-state index in [1.807, 2.05) is 91.0 Å². The Kier molecular flexibility index (Phi) is 6.52. The molecule has 0 fully saturated rings. The molecule has 160 valence electrons. The summed E-state index contributed by atoms with van der Waals surface area (Å²) in [5, 5.41) is 0. The van der Waals surface area contributed by atoms with Gasteiger partial charge in [-0.15, -0.1) is 0 Å². The lowest BCUT2D eigenvalue weighted by atomic mass is 10.1. The minimum atomic E-state index is 0.573. The summed E-state index contributed by atoms with van der Waals surface area (Å²) in [6.07, 6.45) is 4.07. The highest BCUT2D eigenvalue weighted by atomic mass is 16.5. The van der Waals surface area contributed by atoms with Crippen LogP contribution in [0.1, 0.15) is 11.1 Å². The molecule has 3 aromatic carbocycles. The van der Waals surface area contributed by atoms with Crippen molar-refractivity contribution < 1.29 is 18.6 Å². The Balaban J connectivity index is 1.77. The molecule has 0 aliphatic carbocycles. The Labute approximate surface area is 188 Å². The standard InChI is InChI=1S/C28H25O4/c1-29-26-18-21(19-27(30-2)28(26)31-3)15-14-20-16-24(22-10-6-4-7-11-22)32-25(17-20)23-12-8-5-9-13-23/h4-19H,1-3H3/q+1/b15-14+. The van der Waals surface area contributed by atoms with E-state index in [4.69, 9.17) is 18.6 Å². The van der Waals surface area contributed by atoms with Crippen LogP contribution in [0.3, 0.4) is 0 Å². The largest absolute Gasteiger partial charge is 0.493 e. The number of rotatable bonds is 7. The quantitative estimate of drug-likeness (QED) is 0.296. The molecule has 0 unspecified atom stereocenters. The van der Waals surface area contributed by atoms with Crippen LogP contribution in [-0.2, 0) is 0 Å². The normalized spacial score (nSPS) is 10.8. The van der Waals surface area contributed by atoms with E-state index in [-0.39, 0.29) is 0 Å². The maximum atomic E-state index is 6.26. The fourth-order valence-corrected chi connectivity index (χ4v) is 3.50. The minimum absolute atomic E-state index is 0.573. The number of hydrogen-bond acceptors (Lipinski definition) is 3. The first-order valence-corrected chi connectivity index (χ1v) is 10.3. The molecule has 4 nitrogen and oxygen atoms in total. The second-order valence-corrected chi connectivity index (χ2v) is 7.14. The van der Waals surface area contributed by atoms with Crippen LogP contribution < -0.4 is 14.2 Å². The molecule has 4 rings (SSSR count). The molecule has 0 saturated heterocycles. The van der Waals surface area contributed by atoms with Gasteiger partial charge in [-0.2, -0.15) is 0 Å². The Bertz CT molecular complexity index is 1130. The third-order valence-corrected chi connectivity index (χ3v) is 5.09. The molecule has 0 spiro atoms. The summed E-state index contributed by atoms with van der Waals surface area (Å²) in [4.78, 5) is 0. The fraction of sp³-hybridized carbons (Fsp3) is 0.107. The Morgan fingerprint density at radius 1 is 0.562 bits per heavy atom. The lowest BCUT2D eigenvalue weighted by Crippen LogP contribution is -1.95. The SMILES string of the molecule is COc1cc(/C=C/c2cc(-c3ccccc3)[o+]c(-c3ccccc3)c2)cc(OC)c1OC. The first-order valence-electron chi connectivity index (χ1n) is 10.3. The summed E-state index contributed by atoms with van der Waals surface area (Å²) in [5.41, 5.74) is 3.99. The van der Waals surface area contributed by atoms with Crippen molar-refractivity contribution in [1.82, 2.24) is 0 Å². The van der Waals surface area contributed by atoms with Gasteiger partial charge >= 0.3 is 11.5 Å². The van der Waals surface area contributed by atoms with Gasteiger partial charge in [0.15, 0.2) is 11.5 Å². The number of ether oxygens (including phenoxy) is 3. The molecule has 0 atom stereocenters. The van der Waals surface area contributed by atoms with Crippen molar-refractivity contribution in [2.75, 3.05) is 21.3 Å². The number of hydrogen-bond donors (Lipinski definition) is 0. The fourth-order valence-electron chi connectivity index (χ4n) is 3.50. The molecule has 0 aliphatic heterocycles. The van der Waals surface area contributed by atoms with Crippen LogP contribution in [-0.4, -0.2) is 21.3 Å². The maximum Gasteiger partial charge on any atom is 0.361 e. The number of methoxy groups -OCH3 is 3. The number of benzene rings is 3. The van der Waals surface area contributed by atoms with E-state index in [0.717, 1.165) is 33.8 Å². The van der Waals surface area contributed by atoms with Gasteiger partial charge in [-0.1, -0.05) is 48.6 Å². The summed E-state index contributed by atoms with van der Waals surface area (Å²) in [7, 11) is 4.82. The van der Waals surface area contributed by atoms with E-state index in [9.17, 15) is 0 Å². The zero-order valence-corrected chi connectivity index (χ0v) is 18.4. The van der Waals surface area contributed by atoms with Crippen LogP contribution in [0.2, 0.25) is 0 Å². The summed E-state index contributed by atoms with van der Waals surface area (Å²) < 4.78 is 22.6. The third-order valence-electron chi connectivity index (χ3n) is 5.09. The van der Waals surface area contributed by atoms with E-state index >= 15 is 0 Å². The van der Waals surface area contributed by atoms with Gasteiger partial charge in [-0.25, -0.2) is 4.42 Å². The van der Waals surface area contributed by atoms with E-state index in [0.29, 0.717) is 17.2 Å². The summed E-state index contributed by atoms with van der Waals surface area (Å²) in [5.74, 6) is 3.41. The van der Waals surface area contributed by atoms with Gasteiger partial charge in [-0.05, 0) is 47.5 Å². The predicted octanol–water partition coefficient (Wildman–Crippen LogP) is 7.09. The topological polar surface area (TPSA) is 39.0 Å². The van der Waals surface area contributed by atoms with Crippen molar-refractivity contribution in [2.24, 2.45) is 0 Å². The van der Waals surface area contributed by atoms with Gasteiger partial charge in [0.1, 0.15) is 0 Å². The summed E-state index contributed by atoms with van der Waals surface area (Å²) in [6.45, 7) is 0. The van der Waals surface area contributed by atoms with E-state index in [1.54, 1.807) is 21.3 Å². The van der Waals surface area contributed by atoms with Crippen LogP contribution in [0.4, 0.5) is 0 Å². The van der Waals surface area contributed by atoms with Crippen molar-refractivity contribution in [3.8, 4) is 39.9 Å². The average Bonchev–Trinajstić information content (AvgIpc) is 2.87. The Morgan fingerprint density at radius 2 is 1.00 bits per heavy atom. The lowest BCUT2D eigenvalue weighted by Gasteiger charge is -2.12. The van der Waals surface area contributed by atoms with Crippen LogP contribution >= 0.6 is 0 Å².